The Morgan fingerprint density at radius 3 is 2.57 bits per heavy atom. The molecule has 2 N–H and O–H groups in total. The molecule has 2 rings (SSSR count). The standard InChI is InChI=1S/C14H11ClN2O4/c1-8-2-3-9(15)6-13(8)16-12-5-4-10(17(20)21)7-11(12)14(18)19/h2-7,16H,1H3,(H,18,19). The van der Waals surface area contributed by atoms with Crippen LogP contribution in [0.2, 0.25) is 5.02 Å². The fourth-order valence-corrected chi connectivity index (χ4v) is 1.98. The van der Waals surface area contributed by atoms with Crippen molar-refractivity contribution < 1.29 is 14.8 Å². The van der Waals surface area contributed by atoms with Gasteiger partial charge in [0.15, 0.2) is 0 Å². The van der Waals surface area contributed by atoms with E-state index in [1.54, 1.807) is 18.2 Å². The predicted octanol–water partition coefficient (Wildman–Crippen LogP) is 4.00. The lowest BCUT2D eigenvalue weighted by atomic mass is 10.1. The van der Waals surface area contributed by atoms with Crippen LogP contribution < -0.4 is 5.32 Å². The fourth-order valence-electron chi connectivity index (χ4n) is 1.81. The number of carbonyl (C=O) groups is 1. The molecule has 0 radical (unpaired) electrons. The smallest absolute Gasteiger partial charge is 0.338 e. The third-order valence-electron chi connectivity index (χ3n) is 2.91. The first-order valence-corrected chi connectivity index (χ1v) is 6.31. The minimum absolute atomic E-state index is 0.177. The van der Waals surface area contributed by atoms with Crippen LogP contribution in [0.3, 0.4) is 0 Å². The number of nitrogens with one attached hydrogen (secondary N) is 1. The van der Waals surface area contributed by atoms with Gasteiger partial charge in [0.2, 0.25) is 0 Å². The van der Waals surface area contributed by atoms with E-state index in [9.17, 15) is 20.0 Å². The van der Waals surface area contributed by atoms with Gasteiger partial charge in [-0.3, -0.25) is 10.1 Å². The van der Waals surface area contributed by atoms with Crippen molar-refractivity contribution in [2.45, 2.75) is 6.92 Å². The van der Waals surface area contributed by atoms with Gasteiger partial charge < -0.3 is 10.4 Å². The summed E-state index contributed by atoms with van der Waals surface area (Å²) in [6.45, 7) is 1.84. The van der Waals surface area contributed by atoms with Crippen molar-refractivity contribution in [2.24, 2.45) is 0 Å². The zero-order chi connectivity index (χ0) is 15.6. The number of halogens is 1. The molecule has 6 nitrogen and oxygen atoms in total. The Bertz CT molecular complexity index is 731. The molecule has 0 amide bonds. The number of nitrogens with zero attached hydrogens (tertiary/aromatic N) is 1. The van der Waals surface area contributed by atoms with Gasteiger partial charge in [-0.25, -0.2) is 4.79 Å². The second kappa shape index (κ2) is 5.80. The maximum Gasteiger partial charge on any atom is 0.338 e. The number of hydrogen-bond donors (Lipinski definition) is 2. The number of hydrogen-bond acceptors (Lipinski definition) is 4. The van der Waals surface area contributed by atoms with Gasteiger partial charge in [0.25, 0.3) is 5.69 Å². The van der Waals surface area contributed by atoms with Gasteiger partial charge in [-0.15, -0.1) is 0 Å². The van der Waals surface area contributed by atoms with Crippen molar-refractivity contribution in [2.75, 3.05) is 5.32 Å². The zero-order valence-electron chi connectivity index (χ0n) is 11.0. The lowest BCUT2D eigenvalue weighted by Crippen LogP contribution is -2.04. The average molecular weight is 307 g/mol. The maximum atomic E-state index is 11.2. The summed E-state index contributed by atoms with van der Waals surface area (Å²) in [7, 11) is 0. The first-order valence-electron chi connectivity index (χ1n) is 5.93. The van der Waals surface area contributed by atoms with E-state index in [2.05, 4.69) is 5.32 Å². The predicted molar refractivity (Wildman–Crippen MR) is 79.5 cm³/mol. The van der Waals surface area contributed by atoms with Crippen molar-refractivity contribution in [1.82, 2.24) is 0 Å². The topological polar surface area (TPSA) is 92.5 Å². The molecule has 0 aliphatic heterocycles. The van der Waals surface area contributed by atoms with Crippen LogP contribution >= 0.6 is 11.6 Å². The van der Waals surface area contributed by atoms with E-state index in [0.29, 0.717) is 10.7 Å². The van der Waals surface area contributed by atoms with Gasteiger partial charge in [0.05, 0.1) is 16.2 Å². The van der Waals surface area contributed by atoms with Crippen molar-refractivity contribution in [1.29, 1.82) is 0 Å². The number of non-ortho nitro benzene ring substituents is 1. The van der Waals surface area contributed by atoms with E-state index in [-0.39, 0.29) is 16.9 Å². The molecule has 2 aromatic carbocycles. The highest BCUT2D eigenvalue weighted by Gasteiger charge is 2.16. The number of aryl methyl sites for hydroxylation is 1. The number of carboxylic acids is 1. The van der Waals surface area contributed by atoms with Crippen LogP contribution in [0.5, 0.6) is 0 Å². The lowest BCUT2D eigenvalue weighted by molar-refractivity contribution is -0.384. The molecule has 0 spiro atoms. The van der Waals surface area contributed by atoms with E-state index >= 15 is 0 Å². The molecular formula is C14H11ClN2O4. The number of nitro benzene ring substituents is 1. The van der Waals surface area contributed by atoms with E-state index in [0.717, 1.165) is 11.6 Å². The largest absolute Gasteiger partial charge is 0.478 e. The molecule has 21 heavy (non-hydrogen) atoms. The van der Waals surface area contributed by atoms with Crippen LogP contribution in [0.25, 0.3) is 0 Å². The second-order valence-electron chi connectivity index (χ2n) is 4.38. The fraction of sp³-hybridized carbons (Fsp3) is 0.0714. The van der Waals surface area contributed by atoms with Crippen LogP contribution in [-0.4, -0.2) is 16.0 Å². The average Bonchev–Trinajstić information content (AvgIpc) is 2.42. The summed E-state index contributed by atoms with van der Waals surface area (Å²) >= 11 is 5.91. The Balaban J connectivity index is 2.46. The van der Waals surface area contributed by atoms with Gasteiger partial charge in [-0.2, -0.15) is 0 Å². The Hall–Kier alpha value is -2.60. The van der Waals surface area contributed by atoms with Crippen molar-refractivity contribution >= 4 is 34.6 Å². The molecule has 0 aromatic heterocycles. The molecule has 0 saturated heterocycles. The zero-order valence-corrected chi connectivity index (χ0v) is 11.7. The molecule has 0 heterocycles. The summed E-state index contributed by atoms with van der Waals surface area (Å²) in [5.41, 5.74) is 1.32. The summed E-state index contributed by atoms with van der Waals surface area (Å²) in [4.78, 5) is 21.3. The monoisotopic (exact) mass is 306 g/mol. The Labute approximate surface area is 125 Å². The van der Waals surface area contributed by atoms with Crippen LogP contribution in [0.15, 0.2) is 36.4 Å². The van der Waals surface area contributed by atoms with Gasteiger partial charge in [0, 0.05) is 22.8 Å². The molecule has 0 fully saturated rings. The molecule has 0 unspecified atom stereocenters. The number of rotatable bonds is 4. The summed E-state index contributed by atoms with van der Waals surface area (Å²) in [5.74, 6) is -1.25. The summed E-state index contributed by atoms with van der Waals surface area (Å²) in [6.07, 6.45) is 0. The Morgan fingerprint density at radius 2 is 1.95 bits per heavy atom. The highest BCUT2D eigenvalue weighted by atomic mass is 35.5. The highest BCUT2D eigenvalue weighted by Crippen LogP contribution is 2.28. The first kappa shape index (κ1) is 14.8. The van der Waals surface area contributed by atoms with E-state index in [1.807, 2.05) is 6.92 Å². The number of aromatic carboxylic acids is 1. The molecule has 0 aliphatic rings. The summed E-state index contributed by atoms with van der Waals surface area (Å²) < 4.78 is 0. The lowest BCUT2D eigenvalue weighted by Gasteiger charge is -2.12. The normalized spacial score (nSPS) is 10.2. The van der Waals surface area contributed by atoms with Gasteiger partial charge in [-0.1, -0.05) is 17.7 Å². The highest BCUT2D eigenvalue weighted by molar-refractivity contribution is 6.30. The molecular weight excluding hydrogens is 296 g/mol. The minimum atomic E-state index is -1.25. The molecule has 0 saturated carbocycles. The van der Waals surface area contributed by atoms with Crippen LogP contribution in [0.4, 0.5) is 17.1 Å². The number of benzene rings is 2. The molecule has 0 aliphatic carbocycles. The number of nitro groups is 1. The molecule has 0 bridgehead atoms. The van der Waals surface area contributed by atoms with Gasteiger partial charge >= 0.3 is 5.97 Å². The van der Waals surface area contributed by atoms with Crippen molar-refractivity contribution in [3.8, 4) is 0 Å². The molecule has 7 heteroatoms. The SMILES string of the molecule is Cc1ccc(Cl)cc1Nc1ccc([N+](=O)[O-])cc1C(=O)O. The maximum absolute atomic E-state index is 11.2. The molecule has 0 atom stereocenters. The third-order valence-corrected chi connectivity index (χ3v) is 3.15. The Kier molecular flexibility index (Phi) is 4.09. The third kappa shape index (κ3) is 3.29. The molecule has 2 aromatic rings. The summed E-state index contributed by atoms with van der Waals surface area (Å²) in [6, 6.07) is 8.79. The molecule has 108 valence electrons. The van der Waals surface area contributed by atoms with Crippen molar-refractivity contribution in [3.05, 3.63) is 62.7 Å². The van der Waals surface area contributed by atoms with Crippen LogP contribution in [-0.2, 0) is 0 Å². The second-order valence-corrected chi connectivity index (χ2v) is 4.81. The quantitative estimate of drug-likeness (QED) is 0.658. The van der Waals surface area contributed by atoms with Crippen molar-refractivity contribution in [3.63, 3.8) is 0 Å². The van der Waals surface area contributed by atoms with Crippen LogP contribution in [0.1, 0.15) is 15.9 Å². The summed E-state index contributed by atoms with van der Waals surface area (Å²) in [5, 5.41) is 23.3. The number of anilines is 2. The van der Waals surface area contributed by atoms with Gasteiger partial charge in [0.1, 0.15) is 0 Å². The Morgan fingerprint density at radius 1 is 1.24 bits per heavy atom. The van der Waals surface area contributed by atoms with Gasteiger partial charge in [-0.05, 0) is 30.7 Å². The first-order chi connectivity index (χ1) is 9.88. The van der Waals surface area contributed by atoms with Crippen LogP contribution in [0, 0.1) is 17.0 Å². The van der Waals surface area contributed by atoms with E-state index < -0.39 is 10.9 Å². The number of carboxylic acid groups (broad SMARTS) is 1. The van der Waals surface area contributed by atoms with E-state index in [4.69, 9.17) is 11.6 Å². The minimum Gasteiger partial charge on any atom is -0.478 e. The van der Waals surface area contributed by atoms with E-state index in [1.165, 1.54) is 12.1 Å².